The molecule has 328 valence electrons. The molecule has 2 aromatic rings. The Kier molecular flexibility index (Phi) is 16.5. The normalized spacial score (nSPS) is 26.4. The molecular formula is C43H56N2O15. The lowest BCUT2D eigenvalue weighted by atomic mass is 9.90. The van der Waals surface area contributed by atoms with Crippen molar-refractivity contribution in [1.29, 1.82) is 0 Å². The number of hydrogen-bond acceptors (Lipinski definition) is 15. The summed E-state index contributed by atoms with van der Waals surface area (Å²) in [5, 5.41) is 52.7. The Labute approximate surface area is 348 Å². The van der Waals surface area contributed by atoms with Gasteiger partial charge in [0.15, 0.2) is 6.29 Å². The minimum absolute atomic E-state index is 0.0424. The van der Waals surface area contributed by atoms with Gasteiger partial charge in [0.25, 0.3) is 0 Å². The highest BCUT2D eigenvalue weighted by Gasteiger charge is 2.45. The number of nitrogens with zero attached hydrogens (tertiary/aromatic N) is 1. The number of aliphatic hydroxyl groups is 5. The van der Waals surface area contributed by atoms with Gasteiger partial charge in [-0.25, -0.2) is 4.79 Å². The number of esters is 2. The maximum Gasteiger partial charge on any atom is 0.339 e. The molecule has 6 N–H and O–H groups in total. The summed E-state index contributed by atoms with van der Waals surface area (Å²) in [5.74, 6) is -2.25. The van der Waals surface area contributed by atoms with Crippen LogP contribution in [0.15, 0.2) is 72.3 Å². The zero-order valence-corrected chi connectivity index (χ0v) is 34.1. The predicted molar refractivity (Wildman–Crippen MR) is 213 cm³/mol. The van der Waals surface area contributed by atoms with Crippen molar-refractivity contribution in [2.45, 2.75) is 113 Å². The van der Waals surface area contributed by atoms with Gasteiger partial charge < -0.3 is 64.2 Å². The average Bonchev–Trinajstić information content (AvgIpc) is 3.71. The van der Waals surface area contributed by atoms with Gasteiger partial charge in [0.2, 0.25) is 11.8 Å². The summed E-state index contributed by atoms with van der Waals surface area (Å²) in [7, 11) is 1.49. The number of carbonyl (C=O) groups is 4. The number of nitrogens with one attached hydrogen (secondary N) is 1. The molecule has 2 amide bonds. The summed E-state index contributed by atoms with van der Waals surface area (Å²) in [5.41, 5.74) is 0.944. The van der Waals surface area contributed by atoms with Gasteiger partial charge >= 0.3 is 11.9 Å². The highest BCUT2D eigenvalue weighted by molar-refractivity contribution is 5.98. The van der Waals surface area contributed by atoms with Crippen LogP contribution in [0.5, 0.6) is 0 Å². The van der Waals surface area contributed by atoms with E-state index in [0.29, 0.717) is 5.56 Å². The van der Waals surface area contributed by atoms with Gasteiger partial charge in [0.05, 0.1) is 31.4 Å². The number of likely N-dealkylation sites (N-methyl/N-ethyl adjacent to an activating group) is 1. The molecule has 0 radical (unpaired) electrons. The highest BCUT2D eigenvalue weighted by Crippen LogP contribution is 2.32. The number of fused-ring (bicyclic) bond motifs is 1. The van der Waals surface area contributed by atoms with Crippen LogP contribution in [0, 0.1) is 0 Å². The second-order valence-electron chi connectivity index (χ2n) is 15.9. The first-order chi connectivity index (χ1) is 28.6. The van der Waals surface area contributed by atoms with Crippen molar-refractivity contribution < 1.29 is 73.1 Å². The van der Waals surface area contributed by atoms with Gasteiger partial charge in [-0.05, 0) is 50.5 Å². The summed E-state index contributed by atoms with van der Waals surface area (Å²) in [6.45, 7) is 3.95. The number of aliphatic hydroxyl groups excluding tert-OH is 5. The van der Waals surface area contributed by atoms with Crippen molar-refractivity contribution >= 4 is 29.8 Å². The van der Waals surface area contributed by atoms with Gasteiger partial charge in [-0.15, -0.1) is 0 Å². The molecule has 0 spiro atoms. The van der Waals surface area contributed by atoms with Crippen LogP contribution in [0.1, 0.15) is 61.5 Å². The second-order valence-corrected chi connectivity index (χ2v) is 15.9. The van der Waals surface area contributed by atoms with Crippen LogP contribution in [0.3, 0.4) is 0 Å². The molecule has 60 heavy (non-hydrogen) atoms. The molecule has 2 aliphatic heterocycles. The minimum atomic E-state index is -1.59. The number of hydrogen-bond donors (Lipinski definition) is 6. The van der Waals surface area contributed by atoms with E-state index in [-0.39, 0.29) is 50.2 Å². The van der Waals surface area contributed by atoms with E-state index in [1.165, 1.54) is 11.9 Å². The van der Waals surface area contributed by atoms with Crippen molar-refractivity contribution in [2.24, 2.45) is 0 Å². The molecule has 0 bridgehead atoms. The fourth-order valence-corrected chi connectivity index (χ4v) is 7.08. The summed E-state index contributed by atoms with van der Waals surface area (Å²) in [6, 6.07) is 13.9. The van der Waals surface area contributed by atoms with E-state index in [0.717, 1.165) is 5.56 Å². The van der Waals surface area contributed by atoms with Crippen molar-refractivity contribution in [2.75, 3.05) is 33.7 Å². The van der Waals surface area contributed by atoms with Gasteiger partial charge in [0, 0.05) is 31.9 Å². The molecule has 3 aliphatic rings. The molecule has 2 fully saturated rings. The number of rotatable bonds is 17. The lowest BCUT2D eigenvalue weighted by molar-refractivity contribution is -0.298. The van der Waals surface area contributed by atoms with Gasteiger partial charge in [-0.2, -0.15) is 0 Å². The molecule has 1 aliphatic carbocycles. The smallest absolute Gasteiger partial charge is 0.339 e. The molecule has 5 rings (SSSR count). The van der Waals surface area contributed by atoms with Crippen LogP contribution in [-0.2, 0) is 49.2 Å². The standard InChI is InChI=1S/C43H56N2O15/c1-43(2,3)60-34(48)17-16-28(22-46)44-39(52)30(19-25-11-6-5-7-12-25)45(4)40(53)27-20-31-38(57-24-56-31)32(21-27)58-41(54)29-15-9-8-13-26(29)14-10-18-55-42-37(51)36(50)35(49)33(23-47)59-42/h5-15,20,28,30-33,35-38,42,46-47,49-51H,16-19,21-24H2,1-4H3,(H,44,52). The van der Waals surface area contributed by atoms with Crippen LogP contribution < -0.4 is 5.32 Å². The Bertz CT molecular complexity index is 1830. The van der Waals surface area contributed by atoms with Gasteiger partial charge in [0.1, 0.15) is 61.2 Å². The van der Waals surface area contributed by atoms with Crippen LogP contribution in [0.4, 0.5) is 0 Å². The van der Waals surface area contributed by atoms with Crippen molar-refractivity contribution in [3.63, 3.8) is 0 Å². The maximum absolute atomic E-state index is 14.3. The largest absolute Gasteiger partial charge is 0.460 e. The minimum Gasteiger partial charge on any atom is -0.460 e. The van der Waals surface area contributed by atoms with E-state index >= 15 is 0 Å². The average molecular weight is 841 g/mol. The van der Waals surface area contributed by atoms with Crippen molar-refractivity contribution in [3.8, 4) is 0 Å². The van der Waals surface area contributed by atoms with Crippen molar-refractivity contribution in [1.82, 2.24) is 10.2 Å². The number of carbonyl (C=O) groups excluding carboxylic acids is 4. The molecule has 2 heterocycles. The van der Waals surface area contributed by atoms with Crippen molar-refractivity contribution in [3.05, 3.63) is 89.0 Å². The summed E-state index contributed by atoms with van der Waals surface area (Å²) >= 11 is 0. The fraction of sp³-hybridized carbons (Fsp3) is 0.535. The SMILES string of the molecule is CN(C(=O)C1=CC2OCOC2C(OC(=O)c2ccccc2C=CCOC2OC(CO)C(O)C(O)C2O)C1)C(Cc1ccccc1)C(=O)NC(CO)CCC(=O)OC(C)(C)C. The van der Waals surface area contributed by atoms with E-state index in [2.05, 4.69) is 5.32 Å². The molecule has 17 heteroatoms. The van der Waals surface area contributed by atoms with E-state index in [9.17, 15) is 44.7 Å². The molecule has 10 unspecified atom stereocenters. The first kappa shape index (κ1) is 46.5. The first-order valence-corrected chi connectivity index (χ1v) is 19.9. The molecule has 2 saturated heterocycles. The molecule has 0 aromatic heterocycles. The summed E-state index contributed by atoms with van der Waals surface area (Å²) in [4.78, 5) is 55.6. The Balaban J connectivity index is 1.26. The Morgan fingerprint density at radius 3 is 2.38 bits per heavy atom. The lowest BCUT2D eigenvalue weighted by Crippen LogP contribution is -2.59. The fourth-order valence-electron chi connectivity index (χ4n) is 7.08. The number of amides is 2. The van der Waals surface area contributed by atoms with Crippen LogP contribution in [0.2, 0.25) is 0 Å². The molecule has 2 aromatic carbocycles. The Morgan fingerprint density at radius 1 is 0.967 bits per heavy atom. The van der Waals surface area contributed by atoms with Crippen LogP contribution in [-0.4, -0.2) is 155 Å². The molecule has 17 nitrogen and oxygen atoms in total. The maximum atomic E-state index is 14.3. The topological polar surface area (TPSA) is 240 Å². The van der Waals surface area contributed by atoms with Crippen LogP contribution >= 0.6 is 0 Å². The molecule has 10 atom stereocenters. The molecular weight excluding hydrogens is 784 g/mol. The quantitative estimate of drug-likeness (QED) is 0.121. The summed E-state index contributed by atoms with van der Waals surface area (Å²) < 4.78 is 33.8. The van der Waals surface area contributed by atoms with E-state index < -0.39 is 104 Å². The van der Waals surface area contributed by atoms with Gasteiger partial charge in [-0.1, -0.05) is 60.7 Å². The van der Waals surface area contributed by atoms with E-state index in [1.54, 1.807) is 63.3 Å². The third-order valence-corrected chi connectivity index (χ3v) is 10.3. The third-order valence-electron chi connectivity index (χ3n) is 10.3. The number of ether oxygens (including phenoxy) is 6. The Morgan fingerprint density at radius 2 is 1.68 bits per heavy atom. The first-order valence-electron chi connectivity index (χ1n) is 19.9. The summed E-state index contributed by atoms with van der Waals surface area (Å²) in [6.07, 6.45) is -4.68. The number of benzene rings is 2. The van der Waals surface area contributed by atoms with Gasteiger partial charge in [-0.3, -0.25) is 14.4 Å². The molecule has 0 saturated carbocycles. The Hall–Kier alpha value is -4.56. The van der Waals surface area contributed by atoms with E-state index in [1.807, 2.05) is 30.3 Å². The third kappa shape index (κ3) is 12.3. The van der Waals surface area contributed by atoms with Crippen LogP contribution in [0.25, 0.3) is 6.08 Å². The zero-order valence-electron chi connectivity index (χ0n) is 34.1. The lowest BCUT2D eigenvalue weighted by Gasteiger charge is -2.39. The second kappa shape index (κ2) is 21.3. The monoisotopic (exact) mass is 840 g/mol. The van der Waals surface area contributed by atoms with E-state index in [4.69, 9.17) is 28.4 Å². The highest BCUT2D eigenvalue weighted by atomic mass is 16.7. The predicted octanol–water partition coefficient (Wildman–Crippen LogP) is 0.782. The zero-order chi connectivity index (χ0) is 43.6.